The molecule has 0 aliphatic heterocycles. The Labute approximate surface area is 100 Å². The Kier molecular flexibility index (Phi) is 2.96. The maximum absolute atomic E-state index is 11.4. The summed E-state index contributed by atoms with van der Waals surface area (Å²) in [6, 6.07) is 0. The summed E-state index contributed by atoms with van der Waals surface area (Å²) >= 11 is 1.76. The van der Waals surface area contributed by atoms with Gasteiger partial charge in [-0.25, -0.2) is 0 Å². The molecule has 0 saturated heterocycles. The van der Waals surface area contributed by atoms with Gasteiger partial charge in [-0.1, -0.05) is 0 Å². The Morgan fingerprint density at radius 1 is 1.67 bits per heavy atom. The highest BCUT2D eigenvalue weighted by molar-refractivity contribution is 14.1. The summed E-state index contributed by atoms with van der Waals surface area (Å²) < 4.78 is 5.47. The average molecular weight is 322 g/mol. The number of rotatable bonds is 3. The van der Waals surface area contributed by atoms with E-state index in [-0.39, 0.29) is 21.1 Å². The van der Waals surface area contributed by atoms with Gasteiger partial charge in [-0.15, -0.1) is 0 Å². The van der Waals surface area contributed by atoms with E-state index >= 15 is 0 Å². The van der Waals surface area contributed by atoms with Crippen molar-refractivity contribution in [3.63, 3.8) is 0 Å². The monoisotopic (exact) mass is 322 g/mol. The van der Waals surface area contributed by atoms with Gasteiger partial charge in [-0.05, 0) is 41.4 Å². The molecule has 1 aliphatic carbocycles. The van der Waals surface area contributed by atoms with Crippen LogP contribution in [0.2, 0.25) is 0 Å². The summed E-state index contributed by atoms with van der Waals surface area (Å²) in [5.41, 5.74) is -0.319. The van der Waals surface area contributed by atoms with Crippen molar-refractivity contribution in [2.75, 3.05) is 7.11 Å². The van der Waals surface area contributed by atoms with Gasteiger partial charge < -0.3 is 14.8 Å². The molecule has 1 fully saturated rings. The number of ether oxygens (including phenoxy) is 1. The third-order valence-corrected chi connectivity index (χ3v) is 3.41. The van der Waals surface area contributed by atoms with Crippen LogP contribution in [0.4, 0.5) is 0 Å². The Hall–Kier alpha value is -0.630. The Morgan fingerprint density at radius 3 is 2.80 bits per heavy atom. The fraction of sp³-hybridized carbons (Fsp3) is 0.556. The number of methoxy groups -OCH3 is 1. The van der Waals surface area contributed by atoms with Crippen molar-refractivity contribution in [2.45, 2.75) is 18.9 Å². The average Bonchev–Trinajstić information content (AvgIpc) is 2.99. The quantitative estimate of drug-likeness (QED) is 0.820. The van der Waals surface area contributed by atoms with E-state index in [1.165, 1.54) is 0 Å². The lowest BCUT2D eigenvalue weighted by atomic mass is 10.2. The van der Waals surface area contributed by atoms with Crippen molar-refractivity contribution in [1.82, 2.24) is 9.97 Å². The van der Waals surface area contributed by atoms with Crippen LogP contribution in [-0.2, 0) is 4.74 Å². The van der Waals surface area contributed by atoms with Gasteiger partial charge in [-0.3, -0.25) is 4.79 Å². The van der Waals surface area contributed by atoms with Gasteiger partial charge in [0.25, 0.3) is 5.56 Å². The van der Waals surface area contributed by atoms with Crippen molar-refractivity contribution in [2.24, 2.45) is 5.92 Å². The van der Waals surface area contributed by atoms with Gasteiger partial charge in [-0.2, -0.15) is 4.98 Å². The minimum Gasteiger partial charge on any atom is -0.492 e. The molecule has 1 saturated carbocycles. The van der Waals surface area contributed by atoms with Crippen LogP contribution < -0.4 is 5.56 Å². The second-order valence-corrected chi connectivity index (χ2v) is 4.66. The van der Waals surface area contributed by atoms with E-state index in [2.05, 4.69) is 9.97 Å². The third kappa shape index (κ3) is 2.15. The van der Waals surface area contributed by atoms with Crippen molar-refractivity contribution in [3.05, 3.63) is 19.7 Å². The molecule has 1 heterocycles. The summed E-state index contributed by atoms with van der Waals surface area (Å²) in [4.78, 5) is 18.0. The van der Waals surface area contributed by atoms with E-state index in [0.29, 0.717) is 11.7 Å². The first-order valence-electron chi connectivity index (χ1n) is 4.65. The zero-order valence-electron chi connectivity index (χ0n) is 8.16. The number of halogens is 1. The molecule has 0 spiro atoms. The van der Waals surface area contributed by atoms with E-state index in [1.807, 2.05) is 0 Å². The van der Waals surface area contributed by atoms with Crippen molar-refractivity contribution in [1.29, 1.82) is 0 Å². The summed E-state index contributed by atoms with van der Waals surface area (Å²) in [6.07, 6.45) is 1.95. The molecule has 1 aliphatic rings. The van der Waals surface area contributed by atoms with Crippen LogP contribution in [-0.4, -0.2) is 22.2 Å². The van der Waals surface area contributed by atoms with Gasteiger partial charge in [0.1, 0.15) is 15.5 Å². The Balaban J connectivity index is 2.39. The zero-order valence-corrected chi connectivity index (χ0v) is 10.3. The summed E-state index contributed by atoms with van der Waals surface area (Å²) in [5.74, 6) is 0.609. The van der Waals surface area contributed by atoms with Crippen LogP contribution in [0, 0.1) is 9.49 Å². The topological polar surface area (TPSA) is 75.2 Å². The number of aromatic hydroxyl groups is 1. The number of H-pyrrole nitrogens is 1. The number of aromatic nitrogens is 2. The SMILES string of the molecule is COC(c1nc(O)c(I)c(=O)[nH]1)C1CC1. The van der Waals surface area contributed by atoms with E-state index in [0.717, 1.165) is 12.8 Å². The molecule has 0 bridgehead atoms. The predicted octanol–water partition coefficient (Wildman–Crippen LogP) is 1.18. The summed E-state index contributed by atoms with van der Waals surface area (Å²) in [6.45, 7) is 0. The van der Waals surface area contributed by atoms with E-state index < -0.39 is 0 Å². The van der Waals surface area contributed by atoms with Gasteiger partial charge >= 0.3 is 0 Å². The van der Waals surface area contributed by atoms with Crippen molar-refractivity contribution >= 4 is 22.6 Å². The molecule has 2 rings (SSSR count). The summed E-state index contributed by atoms with van der Waals surface area (Å²) in [7, 11) is 1.58. The first kappa shape index (κ1) is 10.9. The van der Waals surface area contributed by atoms with Crippen LogP contribution in [0.3, 0.4) is 0 Å². The van der Waals surface area contributed by atoms with Crippen LogP contribution in [0.25, 0.3) is 0 Å². The fourth-order valence-electron chi connectivity index (χ4n) is 1.52. The first-order valence-corrected chi connectivity index (χ1v) is 5.73. The maximum Gasteiger partial charge on any atom is 0.268 e. The molecular formula is C9H11IN2O3. The molecule has 15 heavy (non-hydrogen) atoms. The molecule has 5 nitrogen and oxygen atoms in total. The molecule has 1 unspecified atom stereocenters. The minimum absolute atomic E-state index is 0.208. The van der Waals surface area contributed by atoms with E-state index in [9.17, 15) is 9.90 Å². The number of aromatic amines is 1. The molecule has 1 aromatic heterocycles. The van der Waals surface area contributed by atoms with Crippen LogP contribution in [0.5, 0.6) is 5.88 Å². The molecule has 0 amide bonds. The van der Waals surface area contributed by atoms with Crippen molar-refractivity contribution in [3.8, 4) is 5.88 Å². The third-order valence-electron chi connectivity index (χ3n) is 2.44. The Morgan fingerprint density at radius 2 is 2.33 bits per heavy atom. The minimum atomic E-state index is -0.319. The lowest BCUT2D eigenvalue weighted by Crippen LogP contribution is -2.18. The second kappa shape index (κ2) is 4.09. The largest absolute Gasteiger partial charge is 0.492 e. The van der Waals surface area contributed by atoms with Crippen molar-refractivity contribution < 1.29 is 9.84 Å². The highest BCUT2D eigenvalue weighted by atomic mass is 127. The molecule has 6 heteroatoms. The molecule has 82 valence electrons. The standard InChI is InChI=1S/C9H11IN2O3/c1-15-6(4-2-3-4)7-11-8(13)5(10)9(14)12-7/h4,6H,2-3H2,1H3,(H2,11,12,13,14). The molecular weight excluding hydrogens is 311 g/mol. The molecule has 1 atom stereocenters. The number of nitrogens with zero attached hydrogens (tertiary/aromatic N) is 1. The predicted molar refractivity (Wildman–Crippen MR) is 61.7 cm³/mol. The Bertz CT molecular complexity index is 428. The maximum atomic E-state index is 11.4. The number of nitrogens with one attached hydrogen (secondary N) is 1. The molecule has 1 aromatic rings. The lowest BCUT2D eigenvalue weighted by molar-refractivity contribution is 0.0763. The lowest BCUT2D eigenvalue weighted by Gasteiger charge is -2.13. The number of hydrogen-bond acceptors (Lipinski definition) is 4. The van der Waals surface area contributed by atoms with Gasteiger partial charge in [0.05, 0.1) is 0 Å². The zero-order chi connectivity index (χ0) is 11.0. The van der Waals surface area contributed by atoms with E-state index in [4.69, 9.17) is 4.74 Å². The molecule has 0 radical (unpaired) electrons. The fourth-order valence-corrected chi connectivity index (χ4v) is 1.78. The highest BCUT2D eigenvalue weighted by Crippen LogP contribution is 2.41. The molecule has 0 aromatic carbocycles. The normalized spacial score (nSPS) is 17.7. The summed E-state index contributed by atoms with van der Waals surface area (Å²) in [5, 5.41) is 9.43. The highest BCUT2D eigenvalue weighted by Gasteiger charge is 2.34. The first-order chi connectivity index (χ1) is 7.13. The van der Waals surface area contributed by atoms with Crippen LogP contribution in [0.1, 0.15) is 24.8 Å². The molecule has 2 N–H and O–H groups in total. The van der Waals surface area contributed by atoms with Crippen LogP contribution in [0.15, 0.2) is 4.79 Å². The van der Waals surface area contributed by atoms with Gasteiger partial charge in [0.2, 0.25) is 5.88 Å². The van der Waals surface area contributed by atoms with Crippen LogP contribution >= 0.6 is 22.6 Å². The van der Waals surface area contributed by atoms with Gasteiger partial charge in [0, 0.05) is 7.11 Å². The van der Waals surface area contributed by atoms with E-state index in [1.54, 1.807) is 29.7 Å². The second-order valence-electron chi connectivity index (χ2n) is 3.58. The van der Waals surface area contributed by atoms with Gasteiger partial charge in [0.15, 0.2) is 0 Å². The smallest absolute Gasteiger partial charge is 0.268 e. The number of hydrogen-bond donors (Lipinski definition) is 2.